The zero-order valence-corrected chi connectivity index (χ0v) is 22.6. The van der Waals surface area contributed by atoms with Crippen LogP contribution in [-0.2, 0) is 29.3 Å². The van der Waals surface area contributed by atoms with Gasteiger partial charge < -0.3 is 34.9 Å². The molecular weight excluding hydrogens is 524 g/mol. The van der Waals surface area contributed by atoms with Crippen LogP contribution in [0.2, 0.25) is 0 Å². The molecular formula is C26H36N6O8. The van der Waals surface area contributed by atoms with Gasteiger partial charge in [0.1, 0.15) is 55.5 Å². The van der Waals surface area contributed by atoms with Gasteiger partial charge >= 0.3 is 12.1 Å². The zero-order valence-electron chi connectivity index (χ0n) is 22.6. The van der Waals surface area contributed by atoms with Crippen molar-refractivity contribution in [2.24, 2.45) is 5.92 Å². The van der Waals surface area contributed by atoms with Crippen molar-refractivity contribution in [1.82, 2.24) is 19.5 Å². The molecule has 2 aromatic heterocycles. The lowest BCUT2D eigenvalue weighted by atomic mass is 9.92. The minimum atomic E-state index is -2.03. The zero-order chi connectivity index (χ0) is 28.9. The van der Waals surface area contributed by atoms with Crippen LogP contribution in [0.5, 0.6) is 0 Å². The lowest BCUT2D eigenvalue weighted by Crippen LogP contribution is -2.42. The number of nitrogen functional groups attached to an aromatic ring is 1. The quantitative estimate of drug-likeness (QED) is 0.287. The van der Waals surface area contributed by atoms with Crippen molar-refractivity contribution in [2.45, 2.75) is 68.5 Å². The Hall–Kier alpha value is -3.51. The summed E-state index contributed by atoms with van der Waals surface area (Å²) in [7, 11) is 3.34. The number of fused-ring (bicyclic) bond motifs is 1. The van der Waals surface area contributed by atoms with Gasteiger partial charge in [0.25, 0.3) is 0 Å². The van der Waals surface area contributed by atoms with E-state index in [1.165, 1.54) is 29.8 Å². The maximum absolute atomic E-state index is 12.7. The number of aliphatic hydroxyl groups is 2. The number of rotatable bonds is 9. The van der Waals surface area contributed by atoms with E-state index < -0.39 is 48.7 Å². The first kappa shape index (κ1) is 29.5. The van der Waals surface area contributed by atoms with E-state index in [0.29, 0.717) is 18.0 Å². The van der Waals surface area contributed by atoms with Crippen molar-refractivity contribution in [1.29, 1.82) is 5.26 Å². The van der Waals surface area contributed by atoms with Crippen molar-refractivity contribution in [3.05, 3.63) is 24.2 Å². The van der Waals surface area contributed by atoms with E-state index in [0.717, 1.165) is 25.7 Å². The number of nitrogens with two attached hydrogens (primary N) is 1. The topological polar surface area (TPSA) is 195 Å². The largest absolute Gasteiger partial charge is 0.508 e. The molecule has 1 saturated heterocycles. The van der Waals surface area contributed by atoms with Crippen LogP contribution in [0.1, 0.15) is 44.2 Å². The highest BCUT2D eigenvalue weighted by Crippen LogP contribution is 2.40. The van der Waals surface area contributed by atoms with Crippen LogP contribution in [0.25, 0.3) is 5.52 Å². The van der Waals surface area contributed by atoms with Gasteiger partial charge in [-0.1, -0.05) is 25.7 Å². The van der Waals surface area contributed by atoms with Crippen molar-refractivity contribution >= 4 is 23.5 Å². The van der Waals surface area contributed by atoms with Gasteiger partial charge in [-0.05, 0) is 45.0 Å². The Labute approximate surface area is 231 Å². The predicted octanol–water partition coefficient (Wildman–Crippen LogP) is 0.748. The molecule has 0 radical (unpaired) electrons. The second-order valence-corrected chi connectivity index (χ2v) is 10.4. The van der Waals surface area contributed by atoms with Gasteiger partial charge in [0.05, 0.1) is 12.3 Å². The molecule has 4 N–H and O–H groups in total. The molecule has 0 unspecified atom stereocenters. The van der Waals surface area contributed by atoms with Crippen molar-refractivity contribution in [3.8, 4) is 6.07 Å². The van der Waals surface area contributed by atoms with E-state index >= 15 is 0 Å². The maximum Gasteiger partial charge on any atom is 0.508 e. The molecule has 2 fully saturated rings. The number of aliphatic hydroxyl groups excluding tert-OH is 2. The first-order valence-electron chi connectivity index (χ1n) is 13.3. The number of hydrogen-bond acceptors (Lipinski definition) is 13. The molecule has 14 nitrogen and oxygen atoms in total. The van der Waals surface area contributed by atoms with E-state index in [1.54, 1.807) is 25.1 Å². The standard InChI is InChI=1S/C26H36N6O8/c1-31(2)18(24(35)37-11-16-7-5-3-4-6-8-16)12-38-25(36)39-13-19-21(33)22(34)26(14-27,40-19)20-10-9-17-23(28)29-15-30-32(17)20/h9-10,15-16,18-19,21-22,33-34H,3-8,11-13H2,1-2H3,(H2,28,29,30)/t18-,19+,21+,22+,26-/m0/s1. The third kappa shape index (κ3) is 6.12. The summed E-state index contributed by atoms with van der Waals surface area (Å²) in [6.07, 6.45) is 2.25. The van der Waals surface area contributed by atoms with Gasteiger partial charge in [-0.2, -0.15) is 10.4 Å². The number of aromatic nitrogens is 3. The second kappa shape index (κ2) is 12.8. The van der Waals surface area contributed by atoms with Gasteiger partial charge in [-0.15, -0.1) is 0 Å². The number of nitrogens with zero attached hydrogens (tertiary/aromatic N) is 5. The van der Waals surface area contributed by atoms with Crippen LogP contribution in [0.3, 0.4) is 0 Å². The maximum atomic E-state index is 12.7. The van der Waals surface area contributed by atoms with E-state index in [9.17, 15) is 25.1 Å². The monoisotopic (exact) mass is 560 g/mol. The van der Waals surface area contributed by atoms with E-state index in [-0.39, 0.29) is 18.1 Å². The number of esters is 1. The molecule has 2 aliphatic rings. The fourth-order valence-electron chi connectivity index (χ4n) is 5.14. The van der Waals surface area contributed by atoms with E-state index in [2.05, 4.69) is 10.1 Å². The highest BCUT2D eigenvalue weighted by atomic mass is 16.7. The molecule has 2 aromatic rings. The molecule has 0 amide bonds. The average Bonchev–Trinajstić information content (AvgIpc) is 3.34. The lowest BCUT2D eigenvalue weighted by molar-refractivity contribution is -0.152. The normalized spacial score (nSPS) is 26.2. The highest BCUT2D eigenvalue weighted by molar-refractivity contribution is 5.76. The number of carbonyl (C=O) groups excluding carboxylic acids is 2. The summed E-state index contributed by atoms with van der Waals surface area (Å²) in [6, 6.07) is 4.11. The summed E-state index contributed by atoms with van der Waals surface area (Å²) in [5, 5.41) is 35.4. The fraction of sp³-hybridized carbons (Fsp3) is 0.654. The van der Waals surface area contributed by atoms with Crippen molar-refractivity contribution in [3.63, 3.8) is 0 Å². The molecule has 3 heterocycles. The van der Waals surface area contributed by atoms with Crippen molar-refractivity contribution in [2.75, 3.05) is 39.6 Å². The summed E-state index contributed by atoms with van der Waals surface area (Å²) < 4.78 is 22.8. The summed E-state index contributed by atoms with van der Waals surface area (Å²) in [6.45, 7) is -0.506. The molecule has 4 rings (SSSR count). The summed E-state index contributed by atoms with van der Waals surface area (Å²) in [5.74, 6) is -0.0137. The van der Waals surface area contributed by atoms with Gasteiger partial charge in [-0.25, -0.2) is 14.3 Å². The number of hydrogen-bond donors (Lipinski definition) is 3. The van der Waals surface area contributed by atoms with Gasteiger partial charge in [0, 0.05) is 0 Å². The summed E-state index contributed by atoms with van der Waals surface area (Å²) in [4.78, 5) is 30.5. The Morgan fingerprint density at radius 3 is 2.60 bits per heavy atom. The molecule has 1 saturated carbocycles. The van der Waals surface area contributed by atoms with E-state index in [1.807, 2.05) is 6.07 Å². The van der Waals surface area contributed by atoms with Crippen LogP contribution >= 0.6 is 0 Å². The molecule has 40 heavy (non-hydrogen) atoms. The number of nitriles is 1. The fourth-order valence-corrected chi connectivity index (χ4v) is 5.14. The SMILES string of the molecule is CN(C)[C@@H](COC(=O)OC[C@H]1O[C@@](C#N)(c2ccc3c(N)ncnn23)[C@H](O)[C@@H]1O)C(=O)OCC1CCCCCC1. The summed E-state index contributed by atoms with van der Waals surface area (Å²) >= 11 is 0. The molecule has 1 aliphatic heterocycles. The minimum absolute atomic E-state index is 0.118. The Morgan fingerprint density at radius 2 is 1.93 bits per heavy atom. The van der Waals surface area contributed by atoms with Gasteiger partial charge in [0.2, 0.25) is 5.60 Å². The van der Waals surface area contributed by atoms with Crippen LogP contribution < -0.4 is 5.73 Å². The highest BCUT2D eigenvalue weighted by Gasteiger charge is 2.58. The second-order valence-electron chi connectivity index (χ2n) is 10.4. The first-order valence-corrected chi connectivity index (χ1v) is 13.3. The van der Waals surface area contributed by atoms with Crippen LogP contribution in [0.15, 0.2) is 18.5 Å². The van der Waals surface area contributed by atoms with Crippen LogP contribution in [0, 0.1) is 17.2 Å². The molecule has 1 aliphatic carbocycles. The Bertz CT molecular complexity index is 1220. The van der Waals surface area contributed by atoms with Crippen LogP contribution in [-0.4, -0.2) is 100 Å². The molecule has 0 spiro atoms. The third-order valence-electron chi connectivity index (χ3n) is 7.54. The van der Waals surface area contributed by atoms with Gasteiger partial charge in [-0.3, -0.25) is 9.69 Å². The van der Waals surface area contributed by atoms with Gasteiger partial charge in [0.15, 0.2) is 5.82 Å². The summed E-state index contributed by atoms with van der Waals surface area (Å²) in [5.41, 5.74) is 4.33. The number of ether oxygens (including phenoxy) is 4. The first-order chi connectivity index (χ1) is 19.2. The third-order valence-corrected chi connectivity index (χ3v) is 7.54. The predicted molar refractivity (Wildman–Crippen MR) is 139 cm³/mol. The minimum Gasteiger partial charge on any atom is -0.464 e. The Balaban J connectivity index is 1.32. The molecule has 218 valence electrons. The average molecular weight is 561 g/mol. The number of carbonyl (C=O) groups is 2. The lowest BCUT2D eigenvalue weighted by Gasteiger charge is -2.24. The Morgan fingerprint density at radius 1 is 1.20 bits per heavy atom. The molecule has 5 atom stereocenters. The number of likely N-dealkylation sites (N-methyl/N-ethyl adjacent to an activating group) is 1. The number of anilines is 1. The Kier molecular flexibility index (Phi) is 9.41. The molecule has 14 heteroatoms. The molecule has 0 aromatic carbocycles. The van der Waals surface area contributed by atoms with Crippen LogP contribution in [0.4, 0.5) is 10.6 Å². The molecule has 0 bridgehead atoms. The smallest absolute Gasteiger partial charge is 0.464 e. The van der Waals surface area contributed by atoms with Crippen molar-refractivity contribution < 1.29 is 38.7 Å². The van der Waals surface area contributed by atoms with E-state index in [4.69, 9.17) is 24.7 Å².